The summed E-state index contributed by atoms with van der Waals surface area (Å²) in [5.41, 5.74) is 3.62. The number of benzene rings is 2. The summed E-state index contributed by atoms with van der Waals surface area (Å²) in [6.45, 7) is 0. The summed E-state index contributed by atoms with van der Waals surface area (Å²) in [6, 6.07) is 15.2. The summed E-state index contributed by atoms with van der Waals surface area (Å²) < 4.78 is 23.0. The number of nitrogens with one attached hydrogen (secondary N) is 1. The van der Waals surface area contributed by atoms with Crippen molar-refractivity contribution in [2.75, 3.05) is 5.32 Å². The van der Waals surface area contributed by atoms with Gasteiger partial charge in [0.2, 0.25) is 5.95 Å². The zero-order valence-electron chi connectivity index (χ0n) is 15.9. The fourth-order valence-electron chi connectivity index (χ4n) is 4.17. The third-order valence-electron chi connectivity index (χ3n) is 5.50. The molecule has 9 heteroatoms. The van der Waals surface area contributed by atoms with Crippen molar-refractivity contribution in [3.05, 3.63) is 100 Å². The highest BCUT2D eigenvalue weighted by Gasteiger charge is 2.42. The smallest absolute Gasteiger partial charge is 0.248 e. The van der Waals surface area contributed by atoms with Crippen LogP contribution >= 0.6 is 11.6 Å². The minimum Gasteiger partial charge on any atom is -0.480 e. The average molecular weight is 433 g/mol. The van der Waals surface area contributed by atoms with E-state index in [4.69, 9.17) is 16.3 Å². The highest BCUT2D eigenvalue weighted by atomic mass is 35.5. The van der Waals surface area contributed by atoms with E-state index in [1.165, 1.54) is 6.07 Å². The highest BCUT2D eigenvalue weighted by Crippen LogP contribution is 2.51. The molecule has 0 saturated heterocycles. The molecular formula is C22H14ClFN6O. The molecule has 2 aromatic heterocycles. The molecule has 2 atom stereocenters. The first-order valence-corrected chi connectivity index (χ1v) is 9.98. The van der Waals surface area contributed by atoms with Crippen LogP contribution in [0.5, 0.6) is 5.75 Å². The topological polar surface area (TPSA) is 77.8 Å². The van der Waals surface area contributed by atoms with Crippen molar-refractivity contribution < 1.29 is 9.13 Å². The summed E-state index contributed by atoms with van der Waals surface area (Å²) in [6.07, 6.45) is 2.89. The third kappa shape index (κ3) is 2.79. The summed E-state index contributed by atoms with van der Waals surface area (Å²) >= 11 is 6.30. The molecule has 4 heterocycles. The number of halogens is 2. The third-order valence-corrected chi connectivity index (χ3v) is 5.74. The zero-order valence-corrected chi connectivity index (χ0v) is 16.7. The molecule has 0 aliphatic carbocycles. The van der Waals surface area contributed by atoms with E-state index in [1.54, 1.807) is 41.3 Å². The van der Waals surface area contributed by atoms with Gasteiger partial charge >= 0.3 is 0 Å². The van der Waals surface area contributed by atoms with Gasteiger partial charge in [-0.2, -0.15) is 4.68 Å². The van der Waals surface area contributed by atoms with Crippen LogP contribution in [0.2, 0.25) is 5.02 Å². The van der Waals surface area contributed by atoms with E-state index in [0.29, 0.717) is 22.3 Å². The molecule has 4 aromatic rings. The average Bonchev–Trinajstić information content (AvgIpc) is 3.27. The number of hydrogen-bond donors (Lipinski definition) is 1. The van der Waals surface area contributed by atoms with Crippen molar-refractivity contribution in [3.63, 3.8) is 0 Å². The first-order valence-electron chi connectivity index (χ1n) is 9.60. The van der Waals surface area contributed by atoms with Crippen molar-refractivity contribution >= 4 is 23.2 Å². The molecule has 0 bridgehead atoms. The quantitative estimate of drug-likeness (QED) is 0.505. The predicted octanol–water partition coefficient (Wildman–Crippen LogP) is 4.42. The number of nitrogens with zero attached hydrogens (tertiary/aromatic N) is 5. The van der Waals surface area contributed by atoms with Crippen LogP contribution in [0.15, 0.2) is 72.6 Å². The fraction of sp³-hybridized carbons (Fsp3) is 0.0909. The van der Waals surface area contributed by atoms with Crippen LogP contribution in [0.1, 0.15) is 28.8 Å². The molecule has 2 aliphatic rings. The van der Waals surface area contributed by atoms with Gasteiger partial charge in [-0.25, -0.2) is 4.39 Å². The molecule has 2 aromatic carbocycles. The van der Waals surface area contributed by atoms with Gasteiger partial charge in [-0.1, -0.05) is 34.9 Å². The summed E-state index contributed by atoms with van der Waals surface area (Å²) in [4.78, 5) is 4.12. The maximum absolute atomic E-state index is 15.0. The number of aromatic nitrogens is 5. The molecule has 7 nitrogen and oxygen atoms in total. The molecule has 6 rings (SSSR count). The lowest BCUT2D eigenvalue weighted by Crippen LogP contribution is -2.32. The second kappa shape index (κ2) is 6.88. The number of rotatable bonds is 2. The predicted molar refractivity (Wildman–Crippen MR) is 112 cm³/mol. The number of fused-ring (bicyclic) bond motifs is 3. The van der Waals surface area contributed by atoms with Crippen LogP contribution < -0.4 is 10.1 Å². The summed E-state index contributed by atoms with van der Waals surface area (Å²) in [5.74, 6) is 0.715. The van der Waals surface area contributed by atoms with Crippen molar-refractivity contribution in [2.24, 2.45) is 0 Å². The van der Waals surface area contributed by atoms with Crippen LogP contribution in [0, 0.1) is 5.82 Å². The minimum atomic E-state index is -0.618. The van der Waals surface area contributed by atoms with Crippen LogP contribution in [0.25, 0.3) is 5.70 Å². The van der Waals surface area contributed by atoms with Crippen molar-refractivity contribution in [2.45, 2.75) is 12.1 Å². The monoisotopic (exact) mass is 432 g/mol. The second-order valence-corrected chi connectivity index (χ2v) is 7.68. The Morgan fingerprint density at radius 3 is 2.74 bits per heavy atom. The lowest BCUT2D eigenvalue weighted by atomic mass is 9.84. The number of pyridine rings is 1. The van der Waals surface area contributed by atoms with Crippen molar-refractivity contribution in [3.8, 4) is 5.75 Å². The van der Waals surface area contributed by atoms with E-state index in [9.17, 15) is 0 Å². The lowest BCUT2D eigenvalue weighted by molar-refractivity contribution is 0.222. The van der Waals surface area contributed by atoms with Crippen LogP contribution in [0.3, 0.4) is 0 Å². The van der Waals surface area contributed by atoms with Gasteiger partial charge in [0.25, 0.3) is 0 Å². The van der Waals surface area contributed by atoms with Gasteiger partial charge in [0.1, 0.15) is 23.7 Å². The number of tetrazole rings is 1. The molecule has 2 aliphatic heterocycles. The zero-order chi connectivity index (χ0) is 20.9. The van der Waals surface area contributed by atoms with E-state index in [-0.39, 0.29) is 5.82 Å². The first-order chi connectivity index (χ1) is 15.2. The Kier molecular flexibility index (Phi) is 4.00. The standard InChI is InChI=1S/C22H14ClFN6O/c23-13-5-6-17-15(11-13)19-18(21(31-17)12-7-9-25-10-8-12)20(14-3-1-2-4-16(14)24)30-22(26-19)27-28-29-30/h1-11,20-21H,(H,26,27,29)/t20-,21-/m0/s1. The Bertz CT molecular complexity index is 1340. The normalized spacial score (nSPS) is 19.0. The molecule has 0 saturated carbocycles. The van der Waals surface area contributed by atoms with Crippen LogP contribution in [-0.4, -0.2) is 25.2 Å². The maximum atomic E-state index is 15.0. The maximum Gasteiger partial charge on any atom is 0.248 e. The van der Waals surface area contributed by atoms with Gasteiger partial charge in [0.15, 0.2) is 0 Å². The Morgan fingerprint density at radius 2 is 1.90 bits per heavy atom. The van der Waals surface area contributed by atoms with Crippen molar-refractivity contribution in [1.29, 1.82) is 0 Å². The number of ether oxygens (including phenoxy) is 1. The minimum absolute atomic E-state index is 0.354. The number of anilines is 1. The highest BCUT2D eigenvalue weighted by molar-refractivity contribution is 6.30. The number of hydrogen-bond acceptors (Lipinski definition) is 6. The van der Waals surface area contributed by atoms with E-state index < -0.39 is 12.1 Å². The SMILES string of the molecule is Fc1ccccc1[C@H]1C2=C(Nc3nnnn31)c1cc(Cl)ccc1O[C@H]2c1ccncc1. The van der Waals surface area contributed by atoms with Crippen LogP contribution in [-0.2, 0) is 0 Å². The molecule has 1 N–H and O–H groups in total. The van der Waals surface area contributed by atoms with E-state index in [2.05, 4.69) is 25.8 Å². The Hall–Kier alpha value is -3.78. The largest absolute Gasteiger partial charge is 0.480 e. The Morgan fingerprint density at radius 1 is 1.06 bits per heavy atom. The Balaban J connectivity index is 1.67. The molecule has 0 spiro atoms. The molecule has 0 fully saturated rings. The lowest BCUT2D eigenvalue weighted by Gasteiger charge is -2.38. The van der Waals surface area contributed by atoms with Gasteiger partial charge in [-0.05, 0) is 52.4 Å². The molecule has 31 heavy (non-hydrogen) atoms. The molecule has 0 unspecified atom stereocenters. The van der Waals surface area contributed by atoms with Gasteiger partial charge in [-0.15, -0.1) is 0 Å². The van der Waals surface area contributed by atoms with Gasteiger partial charge in [-0.3, -0.25) is 4.98 Å². The molecule has 152 valence electrons. The van der Waals surface area contributed by atoms with E-state index in [1.807, 2.05) is 24.3 Å². The van der Waals surface area contributed by atoms with Gasteiger partial charge < -0.3 is 10.1 Å². The first kappa shape index (κ1) is 18.0. The molecular weight excluding hydrogens is 419 g/mol. The van der Waals surface area contributed by atoms with E-state index >= 15 is 4.39 Å². The van der Waals surface area contributed by atoms with Crippen LogP contribution in [0.4, 0.5) is 10.3 Å². The molecule has 0 radical (unpaired) electrons. The van der Waals surface area contributed by atoms with E-state index in [0.717, 1.165) is 22.4 Å². The second-order valence-electron chi connectivity index (χ2n) is 7.25. The summed E-state index contributed by atoms with van der Waals surface area (Å²) in [7, 11) is 0. The Labute approximate surface area is 181 Å². The fourth-order valence-corrected chi connectivity index (χ4v) is 4.34. The van der Waals surface area contributed by atoms with Gasteiger partial charge in [0, 0.05) is 34.1 Å². The summed E-state index contributed by atoms with van der Waals surface area (Å²) in [5, 5.41) is 15.9. The van der Waals surface area contributed by atoms with Crippen molar-refractivity contribution in [1.82, 2.24) is 25.2 Å². The molecule has 0 amide bonds. The van der Waals surface area contributed by atoms with Gasteiger partial charge in [0.05, 0.1) is 5.70 Å².